The van der Waals surface area contributed by atoms with Crippen LogP contribution in [0.25, 0.3) is 10.8 Å². The molecule has 7 heteroatoms. The molecular formula is C21H20N2O5. The summed E-state index contributed by atoms with van der Waals surface area (Å²) in [6.07, 6.45) is 2.21. The van der Waals surface area contributed by atoms with E-state index in [1.807, 2.05) is 13.8 Å². The van der Waals surface area contributed by atoms with Gasteiger partial charge in [-0.05, 0) is 38.3 Å². The lowest BCUT2D eigenvalue weighted by Crippen LogP contribution is -2.41. The largest absolute Gasteiger partial charge is 0.367 e. The normalized spacial score (nSPS) is 33.7. The third-order valence-electron chi connectivity index (χ3n) is 6.93. The van der Waals surface area contributed by atoms with Gasteiger partial charge in [0, 0.05) is 11.5 Å². The Labute approximate surface area is 161 Å². The van der Waals surface area contributed by atoms with E-state index in [0.29, 0.717) is 22.9 Å². The van der Waals surface area contributed by atoms with Crippen LogP contribution in [0.15, 0.2) is 36.4 Å². The van der Waals surface area contributed by atoms with E-state index in [9.17, 15) is 19.7 Å². The van der Waals surface area contributed by atoms with E-state index >= 15 is 0 Å². The molecule has 28 heavy (non-hydrogen) atoms. The molecule has 4 atom stereocenters. The Morgan fingerprint density at radius 2 is 1.79 bits per heavy atom. The molecule has 3 aliphatic rings. The summed E-state index contributed by atoms with van der Waals surface area (Å²) in [7, 11) is 0. The molecule has 0 aromatic heterocycles. The van der Waals surface area contributed by atoms with Crippen molar-refractivity contribution in [1.29, 1.82) is 0 Å². The number of carbonyl (C=O) groups is 2. The highest BCUT2D eigenvalue weighted by Gasteiger charge is 2.73. The van der Waals surface area contributed by atoms with Crippen LogP contribution in [0, 0.1) is 22.0 Å². The average Bonchev–Trinajstić information content (AvgIpc) is 3.26. The summed E-state index contributed by atoms with van der Waals surface area (Å²) in [4.78, 5) is 39.0. The Morgan fingerprint density at radius 1 is 1.11 bits per heavy atom. The van der Waals surface area contributed by atoms with Crippen LogP contribution in [0.4, 0.5) is 11.4 Å². The topological polar surface area (TPSA) is 89.8 Å². The first kappa shape index (κ1) is 17.3. The summed E-state index contributed by atoms with van der Waals surface area (Å²) in [6.45, 7) is 3.92. The highest BCUT2D eigenvalue weighted by atomic mass is 16.6. The number of fused-ring (bicyclic) bond motifs is 6. The van der Waals surface area contributed by atoms with Crippen LogP contribution in [0.3, 0.4) is 0 Å². The first-order valence-electron chi connectivity index (χ1n) is 9.57. The number of anilines is 1. The summed E-state index contributed by atoms with van der Waals surface area (Å²) in [6, 6.07) is 9.71. The number of rotatable bonds is 3. The smallest absolute Gasteiger partial charge is 0.277 e. The standard InChI is InChI=1S/C21H20N2O5/c1-3-21-11-10-20(2,28-21)16-17(21)19(25)22(18(16)24)14-8-9-15(23(26)27)13-7-5-4-6-12(13)14/h4-9,16-17H,3,10-11H2,1-2H3. The summed E-state index contributed by atoms with van der Waals surface area (Å²) < 4.78 is 6.27. The number of nitro benzene ring substituents is 1. The third-order valence-corrected chi connectivity index (χ3v) is 6.93. The first-order valence-corrected chi connectivity index (χ1v) is 9.57. The van der Waals surface area contributed by atoms with Gasteiger partial charge in [0.15, 0.2) is 0 Å². The highest BCUT2D eigenvalue weighted by molar-refractivity contribution is 6.26. The molecule has 2 aromatic rings. The van der Waals surface area contributed by atoms with Crippen molar-refractivity contribution in [3.63, 3.8) is 0 Å². The SMILES string of the molecule is CCC12CCC(C)(O1)C1C(=O)N(c3ccc([N+](=O)[O-])c4ccccc34)C(=O)C12. The maximum absolute atomic E-state index is 13.4. The van der Waals surface area contributed by atoms with Crippen molar-refractivity contribution in [3.8, 4) is 0 Å². The molecule has 0 spiro atoms. The molecular weight excluding hydrogens is 360 g/mol. The second kappa shape index (κ2) is 5.38. The van der Waals surface area contributed by atoms with Gasteiger partial charge in [-0.1, -0.05) is 25.1 Å². The van der Waals surface area contributed by atoms with Gasteiger partial charge in [0.25, 0.3) is 5.69 Å². The maximum Gasteiger partial charge on any atom is 0.277 e. The van der Waals surface area contributed by atoms with Gasteiger partial charge in [-0.3, -0.25) is 19.7 Å². The molecule has 3 aliphatic heterocycles. The molecule has 3 saturated heterocycles. The van der Waals surface area contributed by atoms with E-state index < -0.39 is 28.0 Å². The highest BCUT2D eigenvalue weighted by Crippen LogP contribution is 2.62. The van der Waals surface area contributed by atoms with Crippen molar-refractivity contribution >= 4 is 34.0 Å². The molecule has 3 fully saturated rings. The Hall–Kier alpha value is -2.80. The van der Waals surface area contributed by atoms with Gasteiger partial charge in [0.1, 0.15) is 0 Å². The molecule has 2 bridgehead atoms. The van der Waals surface area contributed by atoms with Crippen molar-refractivity contribution in [3.05, 3.63) is 46.5 Å². The average molecular weight is 380 g/mol. The fraction of sp³-hybridized carbons (Fsp3) is 0.429. The summed E-state index contributed by atoms with van der Waals surface area (Å²) in [5.74, 6) is -1.49. The van der Waals surface area contributed by atoms with Gasteiger partial charge in [-0.15, -0.1) is 0 Å². The minimum absolute atomic E-state index is 0.0426. The Morgan fingerprint density at radius 3 is 2.46 bits per heavy atom. The summed E-state index contributed by atoms with van der Waals surface area (Å²) >= 11 is 0. The number of benzene rings is 2. The first-order chi connectivity index (χ1) is 13.3. The van der Waals surface area contributed by atoms with Crippen LogP contribution in [-0.4, -0.2) is 27.9 Å². The number of nitrogens with zero attached hydrogens (tertiary/aromatic N) is 2. The maximum atomic E-state index is 13.4. The van der Waals surface area contributed by atoms with Crippen LogP contribution >= 0.6 is 0 Å². The quantitative estimate of drug-likeness (QED) is 0.461. The van der Waals surface area contributed by atoms with Crippen LogP contribution in [0.2, 0.25) is 0 Å². The molecule has 2 aromatic carbocycles. The number of ether oxygens (including phenoxy) is 1. The monoisotopic (exact) mass is 380 g/mol. The van der Waals surface area contributed by atoms with Crippen molar-refractivity contribution < 1.29 is 19.2 Å². The number of hydrogen-bond donors (Lipinski definition) is 0. The van der Waals surface area contributed by atoms with Crippen LogP contribution in [0.5, 0.6) is 0 Å². The van der Waals surface area contributed by atoms with Gasteiger partial charge in [-0.2, -0.15) is 0 Å². The minimum atomic E-state index is -0.626. The zero-order chi connectivity index (χ0) is 19.8. The Balaban J connectivity index is 1.68. The van der Waals surface area contributed by atoms with E-state index in [4.69, 9.17) is 4.74 Å². The fourth-order valence-electron chi connectivity index (χ4n) is 5.61. The number of imide groups is 1. The van der Waals surface area contributed by atoms with Crippen molar-refractivity contribution in [1.82, 2.24) is 0 Å². The summed E-state index contributed by atoms with van der Waals surface area (Å²) in [5, 5.41) is 12.3. The molecule has 2 amide bonds. The van der Waals surface area contributed by atoms with Crippen molar-refractivity contribution in [2.45, 2.75) is 44.3 Å². The molecule has 144 valence electrons. The van der Waals surface area contributed by atoms with Gasteiger partial charge < -0.3 is 4.74 Å². The van der Waals surface area contributed by atoms with E-state index in [-0.39, 0.29) is 17.5 Å². The van der Waals surface area contributed by atoms with Gasteiger partial charge in [0.05, 0.1) is 39.0 Å². The molecule has 0 aliphatic carbocycles. The minimum Gasteiger partial charge on any atom is -0.367 e. The molecule has 7 nitrogen and oxygen atoms in total. The molecule has 3 heterocycles. The van der Waals surface area contributed by atoms with Gasteiger partial charge in [0.2, 0.25) is 11.8 Å². The third kappa shape index (κ3) is 1.92. The van der Waals surface area contributed by atoms with Crippen LogP contribution in [-0.2, 0) is 14.3 Å². The number of carbonyl (C=O) groups excluding carboxylic acids is 2. The summed E-state index contributed by atoms with van der Waals surface area (Å²) in [5.41, 5.74) is -0.838. The van der Waals surface area contributed by atoms with E-state index in [0.717, 1.165) is 12.8 Å². The van der Waals surface area contributed by atoms with E-state index in [1.54, 1.807) is 24.3 Å². The molecule has 0 N–H and O–H groups in total. The second-order valence-electron chi connectivity index (χ2n) is 8.21. The zero-order valence-corrected chi connectivity index (χ0v) is 15.7. The van der Waals surface area contributed by atoms with E-state index in [1.165, 1.54) is 17.0 Å². The number of non-ortho nitro benzene ring substituents is 1. The molecule has 4 unspecified atom stereocenters. The Kier molecular flexibility index (Phi) is 3.33. The fourth-order valence-corrected chi connectivity index (χ4v) is 5.61. The molecule has 0 saturated carbocycles. The lowest BCUT2D eigenvalue weighted by molar-refractivity contribution is -0.383. The predicted molar refractivity (Wildman–Crippen MR) is 102 cm³/mol. The number of nitro groups is 1. The molecule has 0 radical (unpaired) electrons. The number of amides is 2. The molecule has 5 rings (SSSR count). The number of hydrogen-bond acceptors (Lipinski definition) is 5. The lowest BCUT2D eigenvalue weighted by Gasteiger charge is -2.29. The van der Waals surface area contributed by atoms with Gasteiger partial charge in [-0.25, -0.2) is 4.90 Å². The lowest BCUT2D eigenvalue weighted by atomic mass is 9.67. The van der Waals surface area contributed by atoms with E-state index in [2.05, 4.69) is 0 Å². The van der Waals surface area contributed by atoms with Crippen molar-refractivity contribution in [2.75, 3.05) is 4.90 Å². The Bertz CT molecular complexity index is 1070. The van der Waals surface area contributed by atoms with Gasteiger partial charge >= 0.3 is 0 Å². The predicted octanol–water partition coefficient (Wildman–Crippen LogP) is 3.59. The van der Waals surface area contributed by atoms with Crippen LogP contribution < -0.4 is 4.90 Å². The van der Waals surface area contributed by atoms with Crippen molar-refractivity contribution in [2.24, 2.45) is 11.8 Å². The zero-order valence-electron chi connectivity index (χ0n) is 15.7. The van der Waals surface area contributed by atoms with Crippen LogP contribution in [0.1, 0.15) is 33.1 Å². The second-order valence-corrected chi connectivity index (χ2v) is 8.21.